The monoisotopic (exact) mass is 825 g/mol. The summed E-state index contributed by atoms with van der Waals surface area (Å²) in [4.78, 5) is 37.8. The van der Waals surface area contributed by atoms with E-state index in [0.717, 1.165) is 70.6 Å². The molecule has 0 aliphatic heterocycles. The highest BCUT2D eigenvalue weighted by Crippen LogP contribution is 2.13. The van der Waals surface area contributed by atoms with Gasteiger partial charge in [-0.3, -0.25) is 14.4 Å². The third-order valence-electron chi connectivity index (χ3n) is 10.6. The fraction of sp³-hybridized carbons (Fsp3) is 0.755. The first-order valence-corrected chi connectivity index (χ1v) is 24.8. The van der Waals surface area contributed by atoms with E-state index in [-0.39, 0.29) is 37.5 Å². The smallest absolute Gasteiger partial charge is 0.306 e. The quantitative estimate of drug-likeness (QED) is 0.0200. The number of esters is 3. The van der Waals surface area contributed by atoms with Crippen LogP contribution < -0.4 is 0 Å². The maximum absolute atomic E-state index is 12.7. The van der Waals surface area contributed by atoms with Crippen LogP contribution in [0, 0.1) is 0 Å². The minimum absolute atomic E-state index is 0.102. The molecule has 0 heterocycles. The Labute approximate surface area is 364 Å². The van der Waals surface area contributed by atoms with E-state index in [1.165, 1.54) is 122 Å². The molecule has 0 saturated heterocycles. The summed E-state index contributed by atoms with van der Waals surface area (Å²) >= 11 is 0. The molecule has 0 saturated carbocycles. The van der Waals surface area contributed by atoms with Crippen molar-refractivity contribution in [3.63, 3.8) is 0 Å². The summed E-state index contributed by atoms with van der Waals surface area (Å²) in [6.45, 7) is 6.53. The Hall–Kier alpha value is -2.89. The van der Waals surface area contributed by atoms with E-state index in [0.29, 0.717) is 19.3 Å². The van der Waals surface area contributed by atoms with E-state index in [1.54, 1.807) is 0 Å². The molecule has 0 fully saturated rings. The molecule has 340 valence electrons. The number of hydrogen-bond donors (Lipinski definition) is 0. The topological polar surface area (TPSA) is 78.9 Å². The van der Waals surface area contributed by atoms with Crippen LogP contribution in [0.4, 0.5) is 0 Å². The van der Waals surface area contributed by atoms with Crippen LogP contribution in [0.25, 0.3) is 0 Å². The van der Waals surface area contributed by atoms with Crippen LogP contribution in [-0.2, 0) is 28.6 Å². The van der Waals surface area contributed by atoms with Gasteiger partial charge in [-0.1, -0.05) is 216 Å². The van der Waals surface area contributed by atoms with Gasteiger partial charge in [-0.25, -0.2) is 0 Å². The van der Waals surface area contributed by atoms with Crippen LogP contribution >= 0.6 is 0 Å². The minimum atomic E-state index is -0.809. The van der Waals surface area contributed by atoms with Crippen LogP contribution in [0.3, 0.4) is 0 Å². The van der Waals surface area contributed by atoms with Gasteiger partial charge in [0.2, 0.25) is 0 Å². The molecule has 0 rings (SSSR count). The van der Waals surface area contributed by atoms with Gasteiger partial charge in [0.05, 0.1) is 0 Å². The highest BCUT2D eigenvalue weighted by Gasteiger charge is 2.19. The average molecular weight is 825 g/mol. The van der Waals surface area contributed by atoms with Crippen molar-refractivity contribution in [2.45, 2.75) is 245 Å². The van der Waals surface area contributed by atoms with E-state index in [4.69, 9.17) is 14.2 Å². The van der Waals surface area contributed by atoms with Gasteiger partial charge in [0.1, 0.15) is 13.2 Å². The average Bonchev–Trinajstić information content (AvgIpc) is 3.23. The summed E-state index contributed by atoms with van der Waals surface area (Å²) in [5.74, 6) is -0.992. The molecule has 0 spiro atoms. The lowest BCUT2D eigenvalue weighted by molar-refractivity contribution is -0.166. The Morgan fingerprint density at radius 1 is 0.356 bits per heavy atom. The molecule has 0 radical (unpaired) electrons. The molecule has 0 aliphatic carbocycles. The third kappa shape index (κ3) is 46.0. The largest absolute Gasteiger partial charge is 0.462 e. The van der Waals surface area contributed by atoms with E-state index in [2.05, 4.69) is 75.5 Å². The SMILES string of the molecule is CCCCCCC\C=C/C=C\C=C/CCCCCCCC(=O)OCC(COC(=O)CCCCCCCCCCCC)OC(=O)CC/C=C\C/C=C\CCCCCCCC. The van der Waals surface area contributed by atoms with Crippen molar-refractivity contribution in [1.29, 1.82) is 0 Å². The molecule has 1 unspecified atom stereocenters. The Bertz CT molecular complexity index is 1090. The molecular formula is C53H92O6. The lowest BCUT2D eigenvalue weighted by atomic mass is 10.1. The fourth-order valence-electron chi connectivity index (χ4n) is 6.79. The number of carbonyl (C=O) groups excluding carboxylic acids is 3. The maximum Gasteiger partial charge on any atom is 0.306 e. The second kappa shape index (κ2) is 47.8. The molecule has 0 aromatic rings. The molecule has 59 heavy (non-hydrogen) atoms. The van der Waals surface area contributed by atoms with Gasteiger partial charge < -0.3 is 14.2 Å². The Balaban J connectivity index is 4.44. The summed E-state index contributed by atoms with van der Waals surface area (Å²) in [5, 5.41) is 0. The zero-order chi connectivity index (χ0) is 43.0. The number of hydrogen-bond acceptors (Lipinski definition) is 6. The van der Waals surface area contributed by atoms with Gasteiger partial charge in [0.25, 0.3) is 0 Å². The first-order chi connectivity index (χ1) is 29.0. The summed E-state index contributed by atoms with van der Waals surface area (Å²) in [7, 11) is 0. The lowest BCUT2D eigenvalue weighted by Gasteiger charge is -2.18. The minimum Gasteiger partial charge on any atom is -0.462 e. The van der Waals surface area contributed by atoms with E-state index in [9.17, 15) is 14.4 Å². The van der Waals surface area contributed by atoms with Gasteiger partial charge in [0, 0.05) is 19.3 Å². The van der Waals surface area contributed by atoms with Crippen molar-refractivity contribution in [2.24, 2.45) is 0 Å². The van der Waals surface area contributed by atoms with Gasteiger partial charge in [-0.15, -0.1) is 0 Å². The van der Waals surface area contributed by atoms with Gasteiger partial charge in [-0.05, 0) is 64.2 Å². The molecule has 0 aromatic carbocycles. The molecule has 0 aliphatic rings. The van der Waals surface area contributed by atoms with Crippen molar-refractivity contribution in [3.8, 4) is 0 Å². The second-order valence-electron chi connectivity index (χ2n) is 16.4. The fourth-order valence-corrected chi connectivity index (χ4v) is 6.79. The zero-order valence-electron chi connectivity index (χ0n) is 38.8. The summed E-state index contributed by atoms with van der Waals surface area (Å²) < 4.78 is 16.7. The Kier molecular flexibility index (Phi) is 45.4. The molecule has 0 bridgehead atoms. The normalized spacial score (nSPS) is 12.5. The van der Waals surface area contributed by atoms with Crippen LogP contribution in [-0.4, -0.2) is 37.2 Å². The van der Waals surface area contributed by atoms with Crippen molar-refractivity contribution >= 4 is 17.9 Å². The Morgan fingerprint density at radius 2 is 0.712 bits per heavy atom. The lowest BCUT2D eigenvalue weighted by Crippen LogP contribution is -2.30. The standard InChI is InChI=1S/C53H92O6/c1-4-7-10-13-16-19-22-24-25-26-27-28-30-31-34-37-40-43-46-52(55)58-49-50(48-57-51(54)45-42-39-36-33-21-18-15-12-9-6-3)59-53(56)47-44-41-38-35-32-29-23-20-17-14-11-8-5-2/h22,24-29,32,38,41,50H,4-21,23,30-31,33-37,39-40,42-49H2,1-3H3/b24-22-,26-25-,28-27-,32-29-,41-38-. The van der Waals surface area contributed by atoms with Crippen molar-refractivity contribution in [1.82, 2.24) is 0 Å². The molecule has 6 heteroatoms. The van der Waals surface area contributed by atoms with Crippen molar-refractivity contribution in [2.75, 3.05) is 13.2 Å². The van der Waals surface area contributed by atoms with Gasteiger partial charge >= 0.3 is 17.9 Å². The number of rotatable bonds is 44. The predicted octanol–water partition coefficient (Wildman–Crippen LogP) is 16.1. The maximum atomic E-state index is 12.7. The van der Waals surface area contributed by atoms with Crippen LogP contribution in [0.15, 0.2) is 60.8 Å². The summed E-state index contributed by atoms with van der Waals surface area (Å²) in [5.41, 5.74) is 0. The molecule has 6 nitrogen and oxygen atoms in total. The number of unbranched alkanes of at least 4 members (excludes halogenated alkanes) is 25. The van der Waals surface area contributed by atoms with Crippen LogP contribution in [0.1, 0.15) is 239 Å². The molecule has 0 aromatic heterocycles. The van der Waals surface area contributed by atoms with E-state index >= 15 is 0 Å². The molecule has 0 N–H and O–H groups in total. The van der Waals surface area contributed by atoms with Crippen molar-refractivity contribution < 1.29 is 28.6 Å². The summed E-state index contributed by atoms with van der Waals surface area (Å²) in [6.07, 6.45) is 57.9. The van der Waals surface area contributed by atoms with Crippen LogP contribution in [0.5, 0.6) is 0 Å². The summed E-state index contributed by atoms with van der Waals surface area (Å²) in [6, 6.07) is 0. The zero-order valence-corrected chi connectivity index (χ0v) is 38.8. The van der Waals surface area contributed by atoms with Crippen molar-refractivity contribution in [3.05, 3.63) is 60.8 Å². The number of allylic oxidation sites excluding steroid dienone is 10. The highest BCUT2D eigenvalue weighted by atomic mass is 16.6. The van der Waals surface area contributed by atoms with Gasteiger partial charge in [-0.2, -0.15) is 0 Å². The molecule has 0 amide bonds. The van der Waals surface area contributed by atoms with Gasteiger partial charge in [0.15, 0.2) is 6.10 Å². The molecule has 1 atom stereocenters. The Morgan fingerprint density at radius 3 is 1.14 bits per heavy atom. The predicted molar refractivity (Wildman–Crippen MR) is 251 cm³/mol. The third-order valence-corrected chi connectivity index (χ3v) is 10.6. The first kappa shape index (κ1) is 56.1. The highest BCUT2D eigenvalue weighted by molar-refractivity contribution is 5.71. The van der Waals surface area contributed by atoms with Crippen LogP contribution in [0.2, 0.25) is 0 Å². The number of ether oxygens (including phenoxy) is 3. The van der Waals surface area contributed by atoms with E-state index in [1.807, 2.05) is 6.08 Å². The first-order valence-electron chi connectivity index (χ1n) is 24.8. The number of carbonyl (C=O) groups is 3. The van der Waals surface area contributed by atoms with E-state index < -0.39 is 6.10 Å². The molecular weight excluding hydrogens is 733 g/mol. The second-order valence-corrected chi connectivity index (χ2v) is 16.4.